The van der Waals surface area contributed by atoms with E-state index in [9.17, 15) is 4.79 Å². The van der Waals surface area contributed by atoms with Crippen LogP contribution >= 0.6 is 0 Å². The van der Waals surface area contributed by atoms with E-state index in [0.717, 1.165) is 49.4 Å². The minimum absolute atomic E-state index is 0.00105. The first-order valence-electron chi connectivity index (χ1n) is 9.68. The molecular formula is C21H24N4O. The van der Waals surface area contributed by atoms with Crippen LogP contribution in [0.25, 0.3) is 11.3 Å². The standard InChI is InChI=1S/C21H24N4O/c1-12-8-9-25(12)21-23-18-7-3-6-15(18)19(24-21)14-5-2-4-13(10-14)16-11-17(16)20(22)26/h2,4-5,10,12,16-17H,3,6-9,11H2,1H3,(H2,22,26)/t12-,16-,17+/m0/s1. The van der Waals surface area contributed by atoms with Gasteiger partial charge in [-0.2, -0.15) is 0 Å². The number of hydrogen-bond acceptors (Lipinski definition) is 4. The third-order valence-corrected chi connectivity index (χ3v) is 6.24. The molecule has 2 N–H and O–H groups in total. The Morgan fingerprint density at radius 1 is 1.27 bits per heavy atom. The highest BCUT2D eigenvalue weighted by atomic mass is 16.1. The molecule has 0 bridgehead atoms. The highest BCUT2D eigenvalue weighted by Gasteiger charge is 2.42. The summed E-state index contributed by atoms with van der Waals surface area (Å²) >= 11 is 0. The second-order valence-electron chi connectivity index (χ2n) is 7.96. The second kappa shape index (κ2) is 5.79. The summed E-state index contributed by atoms with van der Waals surface area (Å²) in [6, 6.07) is 9.05. The largest absolute Gasteiger partial charge is 0.369 e. The lowest BCUT2D eigenvalue weighted by Crippen LogP contribution is -2.46. The van der Waals surface area contributed by atoms with Gasteiger partial charge in [0.1, 0.15) is 0 Å². The molecule has 5 heteroatoms. The number of aromatic nitrogens is 2. The smallest absolute Gasteiger partial charge is 0.226 e. The Hall–Kier alpha value is -2.43. The SMILES string of the molecule is C[C@H]1CCN1c1nc2c(c(-c3cccc([C@@H]4C[C@H]4C(N)=O)c3)n1)CCC2. The zero-order chi connectivity index (χ0) is 17.8. The lowest BCUT2D eigenvalue weighted by Gasteiger charge is -2.39. The Morgan fingerprint density at radius 3 is 2.85 bits per heavy atom. The van der Waals surface area contributed by atoms with Gasteiger partial charge in [0.05, 0.1) is 5.69 Å². The molecule has 2 fully saturated rings. The van der Waals surface area contributed by atoms with E-state index in [0.29, 0.717) is 6.04 Å². The molecule has 2 aliphatic carbocycles. The number of benzene rings is 1. The van der Waals surface area contributed by atoms with Crippen molar-refractivity contribution in [2.45, 2.75) is 51.0 Å². The van der Waals surface area contributed by atoms with Gasteiger partial charge in [-0.05, 0) is 56.6 Å². The van der Waals surface area contributed by atoms with E-state index in [1.54, 1.807) is 0 Å². The topological polar surface area (TPSA) is 72.1 Å². The van der Waals surface area contributed by atoms with Gasteiger partial charge in [-0.1, -0.05) is 18.2 Å². The lowest BCUT2D eigenvalue weighted by atomic mass is 10.00. The second-order valence-corrected chi connectivity index (χ2v) is 7.96. The predicted octanol–water partition coefficient (Wildman–Crippen LogP) is 2.82. The molecule has 5 rings (SSSR count). The van der Waals surface area contributed by atoms with Crippen LogP contribution in [0.3, 0.4) is 0 Å². The van der Waals surface area contributed by atoms with Crippen LogP contribution in [-0.4, -0.2) is 28.5 Å². The Labute approximate surface area is 153 Å². The average molecular weight is 348 g/mol. The van der Waals surface area contributed by atoms with E-state index in [1.165, 1.54) is 23.2 Å². The molecule has 0 spiro atoms. The molecule has 1 saturated heterocycles. The molecule has 134 valence electrons. The highest BCUT2D eigenvalue weighted by Crippen LogP contribution is 2.48. The van der Waals surface area contributed by atoms with Crippen LogP contribution < -0.4 is 10.6 Å². The number of nitrogens with zero attached hydrogens (tertiary/aromatic N) is 3. The molecule has 1 saturated carbocycles. The van der Waals surface area contributed by atoms with E-state index in [4.69, 9.17) is 15.7 Å². The van der Waals surface area contributed by atoms with Crippen LogP contribution in [0.2, 0.25) is 0 Å². The number of fused-ring (bicyclic) bond motifs is 1. The Bertz CT molecular complexity index is 894. The minimum Gasteiger partial charge on any atom is -0.369 e. The maximum Gasteiger partial charge on any atom is 0.226 e. The number of aryl methyl sites for hydroxylation is 1. The van der Waals surface area contributed by atoms with Crippen LogP contribution in [0, 0.1) is 5.92 Å². The summed E-state index contributed by atoms with van der Waals surface area (Å²) in [6.07, 6.45) is 5.34. The Balaban J connectivity index is 1.55. The van der Waals surface area contributed by atoms with Crippen LogP contribution in [-0.2, 0) is 17.6 Å². The predicted molar refractivity (Wildman–Crippen MR) is 101 cm³/mol. The minimum atomic E-state index is -0.183. The molecule has 2 aromatic rings. The van der Waals surface area contributed by atoms with Crippen LogP contribution in [0.5, 0.6) is 0 Å². The molecule has 1 aliphatic heterocycles. The monoisotopic (exact) mass is 348 g/mol. The summed E-state index contributed by atoms with van der Waals surface area (Å²) in [5.74, 6) is 0.972. The van der Waals surface area contributed by atoms with Crippen LogP contribution in [0.1, 0.15) is 48.9 Å². The average Bonchev–Trinajstić information content (AvgIpc) is 3.31. The van der Waals surface area contributed by atoms with Crippen LogP contribution in [0.4, 0.5) is 5.95 Å². The van der Waals surface area contributed by atoms with Crippen molar-refractivity contribution in [1.82, 2.24) is 9.97 Å². The number of amides is 1. The van der Waals surface area contributed by atoms with Gasteiger partial charge in [0.2, 0.25) is 11.9 Å². The molecule has 0 unspecified atom stereocenters. The molecule has 3 atom stereocenters. The van der Waals surface area contributed by atoms with Crippen molar-refractivity contribution in [3.63, 3.8) is 0 Å². The van der Waals surface area contributed by atoms with Gasteiger partial charge in [0, 0.05) is 35.3 Å². The highest BCUT2D eigenvalue weighted by molar-refractivity contribution is 5.81. The molecule has 1 aromatic heterocycles. The summed E-state index contributed by atoms with van der Waals surface area (Å²) in [5.41, 5.74) is 11.4. The lowest BCUT2D eigenvalue weighted by molar-refractivity contribution is -0.119. The van der Waals surface area contributed by atoms with E-state index >= 15 is 0 Å². The van der Waals surface area contributed by atoms with Gasteiger partial charge in [-0.25, -0.2) is 9.97 Å². The van der Waals surface area contributed by atoms with E-state index in [-0.39, 0.29) is 17.7 Å². The zero-order valence-corrected chi connectivity index (χ0v) is 15.1. The fraction of sp³-hybridized carbons (Fsp3) is 0.476. The first-order valence-corrected chi connectivity index (χ1v) is 9.68. The maximum absolute atomic E-state index is 11.4. The van der Waals surface area contributed by atoms with Crippen molar-refractivity contribution in [1.29, 1.82) is 0 Å². The summed E-state index contributed by atoms with van der Waals surface area (Å²) in [6.45, 7) is 3.28. The number of rotatable bonds is 4. The van der Waals surface area contributed by atoms with E-state index in [1.807, 2.05) is 0 Å². The van der Waals surface area contributed by atoms with Gasteiger partial charge in [-0.15, -0.1) is 0 Å². The number of primary amides is 1. The Kier molecular flexibility index (Phi) is 3.52. The maximum atomic E-state index is 11.4. The number of nitrogens with two attached hydrogens (primary N) is 1. The normalized spacial score (nSPS) is 26.3. The number of anilines is 1. The van der Waals surface area contributed by atoms with Gasteiger partial charge >= 0.3 is 0 Å². The Morgan fingerprint density at radius 2 is 2.15 bits per heavy atom. The molecule has 5 nitrogen and oxygen atoms in total. The first kappa shape index (κ1) is 15.8. The van der Waals surface area contributed by atoms with Gasteiger partial charge in [0.15, 0.2) is 0 Å². The third-order valence-electron chi connectivity index (χ3n) is 6.24. The number of carbonyl (C=O) groups is 1. The van der Waals surface area contributed by atoms with Crippen molar-refractivity contribution >= 4 is 11.9 Å². The molecule has 0 radical (unpaired) electrons. The van der Waals surface area contributed by atoms with Gasteiger partial charge in [0.25, 0.3) is 0 Å². The summed E-state index contributed by atoms with van der Waals surface area (Å²) in [7, 11) is 0. The fourth-order valence-electron chi connectivity index (χ4n) is 4.39. The van der Waals surface area contributed by atoms with Crippen molar-refractivity contribution in [3.8, 4) is 11.3 Å². The number of carbonyl (C=O) groups excluding carboxylic acids is 1. The molecule has 26 heavy (non-hydrogen) atoms. The van der Waals surface area contributed by atoms with E-state index < -0.39 is 0 Å². The molecule has 3 aliphatic rings. The first-order chi connectivity index (χ1) is 12.6. The molecule has 2 heterocycles. The van der Waals surface area contributed by atoms with Gasteiger partial charge in [-0.3, -0.25) is 4.79 Å². The van der Waals surface area contributed by atoms with Crippen LogP contribution in [0.15, 0.2) is 24.3 Å². The third kappa shape index (κ3) is 2.49. The molecule has 1 aromatic carbocycles. The van der Waals surface area contributed by atoms with Crippen molar-refractivity contribution in [2.75, 3.05) is 11.4 Å². The molecule has 1 amide bonds. The fourth-order valence-corrected chi connectivity index (χ4v) is 4.39. The van der Waals surface area contributed by atoms with E-state index in [2.05, 4.69) is 36.1 Å². The quantitative estimate of drug-likeness (QED) is 0.922. The summed E-state index contributed by atoms with van der Waals surface area (Å²) < 4.78 is 0. The van der Waals surface area contributed by atoms with Crippen molar-refractivity contribution in [2.24, 2.45) is 11.7 Å². The molecular weight excluding hydrogens is 324 g/mol. The van der Waals surface area contributed by atoms with Crippen molar-refractivity contribution < 1.29 is 4.79 Å². The number of hydrogen-bond donors (Lipinski definition) is 1. The summed E-state index contributed by atoms with van der Waals surface area (Å²) in [5, 5.41) is 0. The van der Waals surface area contributed by atoms with Crippen molar-refractivity contribution in [3.05, 3.63) is 41.1 Å². The zero-order valence-electron chi connectivity index (χ0n) is 15.1. The summed E-state index contributed by atoms with van der Waals surface area (Å²) in [4.78, 5) is 23.6. The van der Waals surface area contributed by atoms with Gasteiger partial charge < -0.3 is 10.6 Å².